The zero-order valence-corrected chi connectivity index (χ0v) is 26.3. The zero-order valence-electron chi connectivity index (χ0n) is 26.3. The van der Waals surface area contributed by atoms with E-state index in [2.05, 4.69) is 101 Å². The van der Waals surface area contributed by atoms with E-state index in [9.17, 15) is 4.79 Å². The van der Waals surface area contributed by atoms with Gasteiger partial charge in [-0.3, -0.25) is 4.79 Å². The standard InChI is InChI=1S/C39H50O3/c1-5-9-23-38(41-7-3)25-21-35(33(29-38)27-31-17-13-11-14-18-31)37(40)36-22-26-39(42-8-4,24-10-6-2)30-34(36)28-32-19-15-12-16-20-32/h11-22,25-26H,5-10,23-24,27-30H2,1-4H3. The minimum atomic E-state index is -0.355. The molecular formula is C39H50O3. The van der Waals surface area contributed by atoms with E-state index in [1.165, 1.54) is 22.3 Å². The second kappa shape index (κ2) is 15.5. The molecule has 0 amide bonds. The quantitative estimate of drug-likeness (QED) is 0.203. The van der Waals surface area contributed by atoms with Crippen LogP contribution in [0.3, 0.4) is 0 Å². The lowest BCUT2D eigenvalue weighted by atomic mass is 9.75. The molecule has 3 heteroatoms. The number of ether oxygens (including phenoxy) is 2. The van der Waals surface area contributed by atoms with Gasteiger partial charge >= 0.3 is 0 Å². The predicted octanol–water partition coefficient (Wildman–Crippen LogP) is 9.48. The number of allylic oxidation sites excluding steroid dienone is 4. The fraction of sp³-hybridized carbons (Fsp3) is 0.462. The van der Waals surface area contributed by atoms with Gasteiger partial charge in [-0.15, -0.1) is 0 Å². The molecule has 0 fully saturated rings. The Hall–Kier alpha value is -3.01. The summed E-state index contributed by atoms with van der Waals surface area (Å²) in [6.45, 7) is 9.89. The molecule has 0 radical (unpaired) electrons. The van der Waals surface area contributed by atoms with Gasteiger partial charge in [-0.1, -0.05) is 136 Å². The van der Waals surface area contributed by atoms with Crippen molar-refractivity contribution in [3.8, 4) is 0 Å². The van der Waals surface area contributed by atoms with Gasteiger partial charge in [0.15, 0.2) is 5.78 Å². The van der Waals surface area contributed by atoms with Crippen LogP contribution in [0.4, 0.5) is 0 Å². The summed E-state index contributed by atoms with van der Waals surface area (Å²) in [5.41, 5.74) is 5.74. The van der Waals surface area contributed by atoms with E-state index in [-0.39, 0.29) is 17.0 Å². The summed E-state index contributed by atoms with van der Waals surface area (Å²) in [4.78, 5) is 14.6. The minimum absolute atomic E-state index is 0.126. The Morgan fingerprint density at radius 2 is 1.05 bits per heavy atom. The van der Waals surface area contributed by atoms with Gasteiger partial charge in [0, 0.05) is 37.2 Å². The smallest absolute Gasteiger partial charge is 0.192 e. The van der Waals surface area contributed by atoms with Crippen molar-refractivity contribution in [3.05, 3.63) is 118 Å². The molecule has 4 rings (SSSR count). The Labute approximate surface area is 254 Å². The highest BCUT2D eigenvalue weighted by Gasteiger charge is 2.37. The summed E-state index contributed by atoms with van der Waals surface area (Å²) in [6, 6.07) is 21.1. The van der Waals surface area contributed by atoms with E-state index in [1.54, 1.807) is 0 Å². The fourth-order valence-electron chi connectivity index (χ4n) is 6.57. The van der Waals surface area contributed by atoms with Crippen molar-refractivity contribution in [2.45, 2.75) is 103 Å². The van der Waals surface area contributed by atoms with Gasteiger partial charge in [-0.2, -0.15) is 0 Å². The Morgan fingerprint density at radius 1 is 0.643 bits per heavy atom. The maximum Gasteiger partial charge on any atom is 0.192 e. The van der Waals surface area contributed by atoms with Crippen LogP contribution >= 0.6 is 0 Å². The first-order chi connectivity index (χ1) is 20.5. The van der Waals surface area contributed by atoms with E-state index in [0.29, 0.717) is 13.2 Å². The van der Waals surface area contributed by atoms with E-state index < -0.39 is 0 Å². The summed E-state index contributed by atoms with van der Waals surface area (Å²) in [5, 5.41) is 0. The second-order valence-corrected chi connectivity index (χ2v) is 11.9. The summed E-state index contributed by atoms with van der Waals surface area (Å²) in [6.07, 6.45) is 17.9. The summed E-state index contributed by atoms with van der Waals surface area (Å²) < 4.78 is 12.9. The van der Waals surface area contributed by atoms with Gasteiger partial charge in [0.05, 0.1) is 11.2 Å². The van der Waals surface area contributed by atoms with Crippen LogP contribution in [0.15, 0.2) is 107 Å². The van der Waals surface area contributed by atoms with Gasteiger partial charge < -0.3 is 9.47 Å². The number of unbranched alkanes of at least 4 members (excludes halogenated alkanes) is 2. The Balaban J connectivity index is 1.77. The summed E-state index contributed by atoms with van der Waals surface area (Å²) in [7, 11) is 0. The van der Waals surface area contributed by atoms with Gasteiger partial charge in [0.1, 0.15) is 0 Å². The number of ketones is 1. The molecule has 2 unspecified atom stereocenters. The van der Waals surface area contributed by atoms with Gasteiger partial charge in [-0.05, 0) is 50.7 Å². The van der Waals surface area contributed by atoms with Crippen LogP contribution in [0, 0.1) is 0 Å². The van der Waals surface area contributed by atoms with E-state index in [1.807, 2.05) is 12.1 Å². The molecule has 0 bridgehead atoms. The van der Waals surface area contributed by atoms with Crippen LogP contribution in [0.1, 0.15) is 90.2 Å². The summed E-state index contributed by atoms with van der Waals surface area (Å²) >= 11 is 0. The zero-order chi connectivity index (χ0) is 29.8. The summed E-state index contributed by atoms with van der Waals surface area (Å²) in [5.74, 6) is 0.126. The van der Waals surface area contributed by atoms with Crippen molar-refractivity contribution in [2.75, 3.05) is 13.2 Å². The highest BCUT2D eigenvalue weighted by molar-refractivity contribution is 6.13. The number of carbonyl (C=O) groups excluding carboxylic acids is 1. The van der Waals surface area contributed by atoms with Gasteiger partial charge in [0.2, 0.25) is 0 Å². The predicted molar refractivity (Wildman–Crippen MR) is 175 cm³/mol. The molecule has 42 heavy (non-hydrogen) atoms. The van der Waals surface area contributed by atoms with Crippen LogP contribution in [-0.4, -0.2) is 30.2 Å². The number of rotatable bonds is 16. The van der Waals surface area contributed by atoms with Crippen molar-refractivity contribution >= 4 is 5.78 Å². The van der Waals surface area contributed by atoms with E-state index in [0.717, 1.165) is 75.4 Å². The normalized spacial score (nSPS) is 22.2. The molecule has 0 saturated carbocycles. The first-order valence-corrected chi connectivity index (χ1v) is 16.2. The molecular weight excluding hydrogens is 516 g/mol. The molecule has 0 saturated heterocycles. The topological polar surface area (TPSA) is 35.5 Å². The van der Waals surface area contributed by atoms with E-state index >= 15 is 0 Å². The maximum atomic E-state index is 14.6. The van der Waals surface area contributed by atoms with Crippen LogP contribution in [-0.2, 0) is 27.1 Å². The molecule has 2 aromatic rings. The number of benzene rings is 2. The lowest BCUT2D eigenvalue weighted by molar-refractivity contribution is -0.112. The molecule has 0 aromatic heterocycles. The number of hydrogen-bond donors (Lipinski definition) is 0. The van der Waals surface area contributed by atoms with Crippen molar-refractivity contribution < 1.29 is 14.3 Å². The molecule has 2 atom stereocenters. The van der Waals surface area contributed by atoms with Crippen molar-refractivity contribution in [1.29, 1.82) is 0 Å². The molecule has 2 aliphatic rings. The van der Waals surface area contributed by atoms with E-state index in [4.69, 9.17) is 9.47 Å². The minimum Gasteiger partial charge on any atom is -0.371 e. The molecule has 0 heterocycles. The van der Waals surface area contributed by atoms with Crippen LogP contribution < -0.4 is 0 Å². The maximum absolute atomic E-state index is 14.6. The second-order valence-electron chi connectivity index (χ2n) is 11.9. The van der Waals surface area contributed by atoms with Gasteiger partial charge in [0.25, 0.3) is 0 Å². The Morgan fingerprint density at radius 3 is 1.40 bits per heavy atom. The monoisotopic (exact) mass is 566 g/mol. The SMILES string of the molecule is CCCCC1(OCC)C=CC(C(=O)C2=C(Cc3ccccc3)CC(CCCC)(OCC)C=C2)=C(Cc2ccccc2)C1. The van der Waals surface area contributed by atoms with Crippen molar-refractivity contribution in [3.63, 3.8) is 0 Å². The lowest BCUT2D eigenvalue weighted by Gasteiger charge is -2.37. The number of Topliss-reactive ketones (excluding diaryl/α,β-unsaturated/α-hetero) is 1. The molecule has 2 aliphatic carbocycles. The number of carbonyl (C=O) groups is 1. The highest BCUT2D eigenvalue weighted by Crippen LogP contribution is 2.40. The third kappa shape index (κ3) is 8.08. The average molecular weight is 567 g/mol. The third-order valence-corrected chi connectivity index (χ3v) is 8.68. The largest absolute Gasteiger partial charge is 0.371 e. The number of hydrogen-bond acceptors (Lipinski definition) is 3. The Bertz CT molecular complexity index is 1180. The molecule has 224 valence electrons. The molecule has 3 nitrogen and oxygen atoms in total. The van der Waals surface area contributed by atoms with Crippen molar-refractivity contribution in [1.82, 2.24) is 0 Å². The average Bonchev–Trinajstić information content (AvgIpc) is 3.00. The first-order valence-electron chi connectivity index (χ1n) is 16.2. The Kier molecular flexibility index (Phi) is 11.7. The third-order valence-electron chi connectivity index (χ3n) is 8.68. The van der Waals surface area contributed by atoms with Crippen molar-refractivity contribution in [2.24, 2.45) is 0 Å². The van der Waals surface area contributed by atoms with Gasteiger partial charge in [-0.25, -0.2) is 0 Å². The fourth-order valence-corrected chi connectivity index (χ4v) is 6.57. The van der Waals surface area contributed by atoms with Crippen LogP contribution in [0.25, 0.3) is 0 Å². The van der Waals surface area contributed by atoms with Crippen LogP contribution in [0.5, 0.6) is 0 Å². The first kappa shape index (κ1) is 31.9. The molecule has 0 N–H and O–H groups in total. The highest BCUT2D eigenvalue weighted by atomic mass is 16.5. The van der Waals surface area contributed by atoms with Crippen LogP contribution in [0.2, 0.25) is 0 Å². The molecule has 2 aromatic carbocycles. The molecule has 0 spiro atoms. The molecule has 0 aliphatic heterocycles. The lowest BCUT2D eigenvalue weighted by Crippen LogP contribution is -2.36.